The molecule has 0 spiro atoms. The highest BCUT2D eigenvalue weighted by Crippen LogP contribution is 2.50. The van der Waals surface area contributed by atoms with Gasteiger partial charge in [0.2, 0.25) is 0 Å². The number of pyridine rings is 1. The van der Waals surface area contributed by atoms with Crippen LogP contribution < -0.4 is 9.30 Å². The van der Waals surface area contributed by atoms with E-state index in [1.165, 1.54) is 6.07 Å². The first-order valence-corrected chi connectivity index (χ1v) is 27.1. The molecule has 3 aromatic heterocycles. The van der Waals surface area contributed by atoms with Gasteiger partial charge in [0.15, 0.2) is 0 Å². The molecule has 14 rings (SSSR count). The van der Waals surface area contributed by atoms with Crippen LogP contribution in [0.1, 0.15) is 130 Å². The second kappa shape index (κ2) is 18.4. The lowest BCUT2D eigenvalue weighted by Crippen LogP contribution is -2.33. The number of aromatic nitrogens is 4. The zero-order valence-electron chi connectivity index (χ0n) is 64.6. The van der Waals surface area contributed by atoms with Crippen LogP contribution in [0, 0.1) is 6.33 Å². The van der Waals surface area contributed by atoms with E-state index in [1.807, 2.05) is 143 Å². The van der Waals surface area contributed by atoms with Crippen LogP contribution in [0.3, 0.4) is 0 Å². The quantitative estimate of drug-likeness (QED) is 0.123. The number of imidazole rings is 1. The maximum Gasteiger partial charge on any atom is 0.269 e. The average Bonchev–Trinajstić information content (AvgIpc) is 0.739. The van der Waals surface area contributed by atoms with Gasteiger partial charge in [0.1, 0.15) is 17.3 Å². The minimum Gasteiger partial charge on any atom is -0.458 e. The number of fused-ring (bicyclic) bond motifs is 11. The Morgan fingerprint density at radius 1 is 0.531 bits per heavy atom. The van der Waals surface area contributed by atoms with Crippen LogP contribution >= 0.6 is 0 Å². The largest absolute Gasteiger partial charge is 0.458 e. The Kier molecular flexibility index (Phi) is 7.65. The molecule has 0 saturated heterocycles. The smallest absolute Gasteiger partial charge is 0.269 e. The zero-order valence-corrected chi connectivity index (χ0v) is 45.6. The highest BCUT2D eigenvalue weighted by atomic mass is 16.5. The molecule has 0 saturated carbocycles. The molecule has 5 nitrogen and oxygen atoms in total. The molecule has 0 unspecified atom stereocenters. The molecule has 12 aromatic rings. The van der Waals surface area contributed by atoms with E-state index in [0.717, 1.165) is 66.5 Å². The number of rotatable bonds is 6. The molecule has 1 aliphatic carbocycles. The van der Waals surface area contributed by atoms with Gasteiger partial charge in [-0.1, -0.05) is 208 Å². The van der Waals surface area contributed by atoms with Crippen molar-refractivity contribution in [3.63, 3.8) is 0 Å². The van der Waals surface area contributed by atoms with Crippen LogP contribution in [0.25, 0.3) is 106 Å². The van der Waals surface area contributed by atoms with Crippen molar-refractivity contribution in [1.82, 2.24) is 14.1 Å². The van der Waals surface area contributed by atoms with Crippen LogP contribution in [-0.2, 0) is 21.7 Å². The molecular weight excluding hydrogens is 985 g/mol. The summed E-state index contributed by atoms with van der Waals surface area (Å²) >= 11 is 0. The van der Waals surface area contributed by atoms with E-state index in [-0.39, 0.29) is 16.4 Å². The van der Waals surface area contributed by atoms with E-state index in [0.29, 0.717) is 50.7 Å². The molecule has 1 aliphatic heterocycles. The fraction of sp³-hybridized carbons (Fsp3) is 0.211. The van der Waals surface area contributed by atoms with Crippen LogP contribution in [0.15, 0.2) is 206 Å². The number of hydrogen-bond acceptors (Lipinski definition) is 2. The van der Waals surface area contributed by atoms with Crippen molar-refractivity contribution in [3.05, 3.63) is 235 Å². The van der Waals surface area contributed by atoms with Crippen molar-refractivity contribution in [2.75, 3.05) is 0 Å². The van der Waals surface area contributed by atoms with Gasteiger partial charge in [-0.05, 0) is 167 Å². The summed E-state index contributed by atoms with van der Waals surface area (Å²) in [5, 5.41) is 2.09. The molecular formula is C76H68N4O. The minimum atomic E-state index is -4.49. The van der Waals surface area contributed by atoms with Crippen molar-refractivity contribution in [1.29, 1.82) is 0 Å². The molecule has 0 fully saturated rings. The highest BCUT2D eigenvalue weighted by molar-refractivity contribution is 6.09. The second-order valence-corrected chi connectivity index (χ2v) is 23.3. The van der Waals surface area contributed by atoms with Gasteiger partial charge in [-0.25, -0.2) is 4.98 Å². The van der Waals surface area contributed by atoms with Crippen LogP contribution in [0.5, 0.6) is 11.5 Å². The highest BCUT2D eigenvalue weighted by Gasteiger charge is 2.37. The Morgan fingerprint density at radius 2 is 1.17 bits per heavy atom. The second-order valence-electron chi connectivity index (χ2n) is 23.3. The summed E-state index contributed by atoms with van der Waals surface area (Å²) in [6, 6.07) is 54.7. The van der Waals surface area contributed by atoms with E-state index >= 15 is 0 Å². The van der Waals surface area contributed by atoms with Crippen molar-refractivity contribution in [2.24, 2.45) is 0 Å². The fourth-order valence-electron chi connectivity index (χ4n) is 11.7. The molecule has 0 radical (unpaired) electrons. The Balaban J connectivity index is 1.02. The first-order valence-electron chi connectivity index (χ1n) is 36.6. The van der Waals surface area contributed by atoms with Crippen LogP contribution in [0.4, 0.5) is 0 Å². The zero-order chi connectivity index (χ0) is 71.9. The molecule has 0 atom stereocenters. The van der Waals surface area contributed by atoms with Gasteiger partial charge in [0.05, 0.1) is 37.6 Å². The summed E-state index contributed by atoms with van der Waals surface area (Å²) < 4.78 is 188. The molecule has 2 aliphatic rings. The molecule has 5 heteroatoms. The summed E-state index contributed by atoms with van der Waals surface area (Å²) in [7, 11) is 0. The predicted octanol–water partition coefficient (Wildman–Crippen LogP) is 19.6. The number of nitrogens with zero attached hydrogens (tertiary/aromatic N) is 4. The van der Waals surface area contributed by atoms with Crippen molar-refractivity contribution < 1.29 is 35.3 Å². The topological polar surface area (TPSA) is 35.9 Å². The van der Waals surface area contributed by atoms with Gasteiger partial charge in [-0.15, -0.1) is 0 Å². The number of para-hydroxylation sites is 3. The van der Waals surface area contributed by atoms with Gasteiger partial charge in [-0.3, -0.25) is 13.7 Å². The molecule has 81 heavy (non-hydrogen) atoms. The van der Waals surface area contributed by atoms with E-state index in [2.05, 4.69) is 88.8 Å². The maximum absolute atomic E-state index is 10.2. The summed E-state index contributed by atoms with van der Waals surface area (Å²) in [5.74, 6) is 1.87. The average molecular weight is 1070 g/mol. The van der Waals surface area contributed by atoms with Gasteiger partial charge in [0.25, 0.3) is 6.33 Å². The first-order chi connectivity index (χ1) is 46.7. The van der Waals surface area contributed by atoms with Crippen molar-refractivity contribution in [2.45, 2.75) is 103 Å². The fourth-order valence-corrected chi connectivity index (χ4v) is 11.7. The molecule has 398 valence electrons. The van der Waals surface area contributed by atoms with Gasteiger partial charge in [-0.2, -0.15) is 0 Å². The summed E-state index contributed by atoms with van der Waals surface area (Å²) in [6.45, 7) is -3.96. The Bertz CT molecular complexity index is 5340. The summed E-state index contributed by atoms with van der Waals surface area (Å²) in [6.07, 6.45) is -3.33. The minimum absolute atomic E-state index is 0.127. The third-order valence-electron chi connectivity index (χ3n) is 15.9. The summed E-state index contributed by atoms with van der Waals surface area (Å²) in [4.78, 5) is 4.88. The normalized spacial score (nSPS) is 19.7. The lowest BCUT2D eigenvalue weighted by Gasteiger charge is -2.42. The van der Waals surface area contributed by atoms with E-state index in [9.17, 15) is 9.60 Å². The van der Waals surface area contributed by atoms with Gasteiger partial charge >= 0.3 is 0 Å². The first kappa shape index (κ1) is 33.7. The SMILES string of the molecule is [2H]c1c([2H])c2c(c([2H])c1-c1ccc3c(c1)-c1cccc(-c4ccc(C(C)(C)C)cc4)c1-[n+]1[c-]n(-c4cccc(Oc5ccc6c7ccccc7n(-c7cc(C(C)(C)C)ccn7)c6c5)c4)c4cccc(c41)-c1ccccc1-3)C(C([2H])([2H])[2H])(C([2H])([2H])[2H])C([2H])([2H])C([2H])([2H])C2(C([2H])([2H])[2H])C([2H])([2H])[2H]. The molecule has 0 N–H and O–H groups in total. The number of benzene rings is 9. The molecule has 0 amide bonds. The lowest BCUT2D eigenvalue weighted by atomic mass is 9.63. The third-order valence-corrected chi connectivity index (χ3v) is 15.9. The van der Waals surface area contributed by atoms with E-state index in [4.69, 9.17) is 26.2 Å². The van der Waals surface area contributed by atoms with Crippen LogP contribution in [0.2, 0.25) is 0 Å². The molecule has 0 bridgehead atoms. The monoisotopic (exact) mass is 1070 g/mol. The van der Waals surface area contributed by atoms with E-state index in [1.54, 1.807) is 12.1 Å². The third kappa shape index (κ3) is 8.42. The van der Waals surface area contributed by atoms with Crippen molar-refractivity contribution in [3.8, 4) is 84.3 Å². The standard InChI is InChI=1S/C76H68N4O/c1-73(2,3)51-32-28-48(29-33-51)56-23-16-24-63-64-42-49(50-31-37-65-66(43-50)76(9,10)40-39-75(65,7)8)30-35-59(64)57-20-11-12-21-58(57)62-25-17-27-68-72(62)79(71(56)63)47-78(68)53-18-15-19-54(45-53)81-55-34-36-61-60-22-13-14-26-67(60)80(69(61)46-55)70-44-52(38-41-77-70)74(4,5)6/h11-38,41-46H,39-40H2,1-10H3/i7D3,8D3,9D3,10D3,31D,37D,39D2,40D2,43D. The maximum atomic E-state index is 10.2. The van der Waals surface area contributed by atoms with Gasteiger partial charge < -0.3 is 4.74 Å². The van der Waals surface area contributed by atoms with E-state index < -0.39 is 85.8 Å². The Morgan fingerprint density at radius 3 is 1.96 bits per heavy atom. The Hall–Kier alpha value is -8.80. The van der Waals surface area contributed by atoms with Gasteiger partial charge in [0, 0.05) is 45.0 Å². The lowest BCUT2D eigenvalue weighted by molar-refractivity contribution is -0.570. The molecule has 9 aromatic carbocycles. The number of ether oxygens (including phenoxy) is 1. The number of hydrogen-bond donors (Lipinski definition) is 0. The molecule has 4 heterocycles. The Labute approximate surface area is 503 Å². The van der Waals surface area contributed by atoms with Crippen LogP contribution in [-0.4, -0.2) is 14.1 Å². The predicted molar refractivity (Wildman–Crippen MR) is 336 cm³/mol. The summed E-state index contributed by atoms with van der Waals surface area (Å²) in [5.41, 5.74) is -0.656. The van der Waals surface area contributed by atoms with Crippen molar-refractivity contribution >= 4 is 32.8 Å².